The zero-order chi connectivity index (χ0) is 19.5. The van der Waals surface area contributed by atoms with Crippen LogP contribution in [0.5, 0.6) is 0 Å². The summed E-state index contributed by atoms with van der Waals surface area (Å²) < 4.78 is 5.09. The van der Waals surface area contributed by atoms with Gasteiger partial charge in [-0.1, -0.05) is 24.3 Å². The van der Waals surface area contributed by atoms with E-state index in [9.17, 15) is 9.59 Å². The molecule has 2 aromatic carbocycles. The highest BCUT2D eigenvalue weighted by molar-refractivity contribution is 7.99. The molecule has 0 radical (unpaired) electrons. The molecule has 0 heterocycles. The van der Waals surface area contributed by atoms with Crippen molar-refractivity contribution in [2.45, 2.75) is 4.90 Å². The largest absolute Gasteiger partial charge is 0.452 e. The molecule has 8 heteroatoms. The standard InChI is InChI=1S/C19H19N3O4S/c20-9-12-27-17-8-4-3-7-16(17)22-18(24)13-26-19(25)14-5-1-2-6-15(14)21-10-11-23/h1-8,21,23H,10-13H2,(H,22,24). The van der Waals surface area contributed by atoms with E-state index in [1.54, 1.807) is 42.5 Å². The molecule has 0 aliphatic carbocycles. The molecule has 1 amide bonds. The van der Waals surface area contributed by atoms with Crippen LogP contribution < -0.4 is 10.6 Å². The Kier molecular flexibility index (Phi) is 8.16. The van der Waals surface area contributed by atoms with Crippen molar-refractivity contribution in [3.8, 4) is 6.07 Å². The van der Waals surface area contributed by atoms with Crippen LogP contribution in [0.1, 0.15) is 10.4 Å². The number of carbonyl (C=O) groups is 2. The Balaban J connectivity index is 1.95. The number of aliphatic hydroxyl groups excluding tert-OH is 1. The van der Waals surface area contributed by atoms with Crippen LogP contribution in [0.15, 0.2) is 53.4 Å². The van der Waals surface area contributed by atoms with Crippen LogP contribution in [0, 0.1) is 11.3 Å². The van der Waals surface area contributed by atoms with Crippen LogP contribution in [0.2, 0.25) is 0 Å². The fraction of sp³-hybridized carbons (Fsp3) is 0.211. The number of thioether (sulfide) groups is 1. The third-order valence-electron chi connectivity index (χ3n) is 3.36. The summed E-state index contributed by atoms with van der Waals surface area (Å²) in [5.41, 5.74) is 1.36. The topological polar surface area (TPSA) is 111 Å². The number of anilines is 2. The molecular weight excluding hydrogens is 366 g/mol. The van der Waals surface area contributed by atoms with E-state index in [2.05, 4.69) is 10.6 Å². The molecule has 140 valence electrons. The third-order valence-corrected chi connectivity index (χ3v) is 4.30. The Labute approximate surface area is 161 Å². The van der Waals surface area contributed by atoms with Gasteiger partial charge >= 0.3 is 5.97 Å². The summed E-state index contributed by atoms with van der Waals surface area (Å²) in [4.78, 5) is 25.1. The molecule has 0 spiro atoms. The summed E-state index contributed by atoms with van der Waals surface area (Å²) in [5.74, 6) is -0.855. The highest BCUT2D eigenvalue weighted by Crippen LogP contribution is 2.26. The third kappa shape index (κ3) is 6.33. The first-order valence-corrected chi connectivity index (χ1v) is 9.13. The summed E-state index contributed by atoms with van der Waals surface area (Å²) >= 11 is 1.31. The van der Waals surface area contributed by atoms with Crippen LogP contribution in [0.3, 0.4) is 0 Å². The van der Waals surface area contributed by atoms with Crippen molar-refractivity contribution in [2.24, 2.45) is 0 Å². The van der Waals surface area contributed by atoms with Crippen molar-refractivity contribution < 1.29 is 19.4 Å². The Morgan fingerprint density at radius 1 is 1.11 bits per heavy atom. The normalized spacial score (nSPS) is 9.93. The first-order chi connectivity index (χ1) is 13.2. The van der Waals surface area contributed by atoms with Gasteiger partial charge in [0.25, 0.3) is 5.91 Å². The van der Waals surface area contributed by atoms with E-state index in [0.29, 0.717) is 17.9 Å². The number of esters is 1. The molecule has 0 saturated heterocycles. The van der Waals surface area contributed by atoms with Crippen LogP contribution in [0.25, 0.3) is 0 Å². The predicted octanol–water partition coefficient (Wildman–Crippen LogP) is 2.50. The first-order valence-electron chi connectivity index (χ1n) is 8.15. The fourth-order valence-electron chi connectivity index (χ4n) is 2.21. The van der Waals surface area contributed by atoms with Crippen LogP contribution in [-0.4, -0.2) is 42.5 Å². The summed E-state index contributed by atoms with van der Waals surface area (Å²) in [6, 6.07) is 15.8. The van der Waals surface area contributed by atoms with E-state index in [4.69, 9.17) is 15.1 Å². The minimum atomic E-state index is -0.640. The van der Waals surface area contributed by atoms with E-state index >= 15 is 0 Å². The van der Waals surface area contributed by atoms with Crippen molar-refractivity contribution >= 4 is 35.0 Å². The van der Waals surface area contributed by atoms with Gasteiger partial charge in [-0.3, -0.25) is 4.79 Å². The van der Waals surface area contributed by atoms with Gasteiger partial charge in [0, 0.05) is 17.1 Å². The van der Waals surface area contributed by atoms with Gasteiger partial charge < -0.3 is 20.5 Å². The second kappa shape index (κ2) is 10.9. The van der Waals surface area contributed by atoms with Gasteiger partial charge in [0.05, 0.1) is 29.7 Å². The SMILES string of the molecule is N#CCSc1ccccc1NC(=O)COC(=O)c1ccccc1NCCO. The van der Waals surface area contributed by atoms with Gasteiger partial charge in [0.2, 0.25) is 0 Å². The Morgan fingerprint density at radius 2 is 1.81 bits per heavy atom. The number of benzene rings is 2. The van der Waals surface area contributed by atoms with E-state index in [-0.39, 0.29) is 17.9 Å². The molecule has 3 N–H and O–H groups in total. The van der Waals surface area contributed by atoms with Gasteiger partial charge in [-0.25, -0.2) is 4.79 Å². The Morgan fingerprint density at radius 3 is 2.56 bits per heavy atom. The van der Waals surface area contributed by atoms with Crippen molar-refractivity contribution in [2.75, 3.05) is 36.1 Å². The zero-order valence-corrected chi connectivity index (χ0v) is 15.3. The maximum atomic E-state index is 12.2. The Bertz CT molecular complexity index is 836. The van der Waals surface area contributed by atoms with Crippen LogP contribution in [0.4, 0.5) is 11.4 Å². The van der Waals surface area contributed by atoms with Gasteiger partial charge in [0.1, 0.15) is 0 Å². The average Bonchev–Trinajstić information content (AvgIpc) is 2.70. The van der Waals surface area contributed by atoms with Crippen LogP contribution >= 0.6 is 11.8 Å². The monoisotopic (exact) mass is 385 g/mol. The van der Waals surface area contributed by atoms with Gasteiger partial charge in [-0.05, 0) is 24.3 Å². The van der Waals surface area contributed by atoms with Crippen molar-refractivity contribution in [1.29, 1.82) is 5.26 Å². The summed E-state index contributed by atoms with van der Waals surface area (Å²) in [6.07, 6.45) is 0. The van der Waals surface area contributed by atoms with E-state index in [1.165, 1.54) is 11.8 Å². The summed E-state index contributed by atoms with van der Waals surface area (Å²) in [5, 5.41) is 23.2. The highest BCUT2D eigenvalue weighted by atomic mass is 32.2. The van der Waals surface area contributed by atoms with Gasteiger partial charge in [-0.2, -0.15) is 5.26 Å². The number of nitriles is 1. The van der Waals surface area contributed by atoms with Crippen LogP contribution in [-0.2, 0) is 9.53 Å². The van der Waals surface area contributed by atoms with E-state index in [0.717, 1.165) is 4.90 Å². The molecule has 7 nitrogen and oxygen atoms in total. The first kappa shape index (κ1) is 20.3. The second-order valence-corrected chi connectivity index (χ2v) is 6.28. The highest BCUT2D eigenvalue weighted by Gasteiger charge is 2.15. The quantitative estimate of drug-likeness (QED) is 0.449. The molecule has 0 bridgehead atoms. The number of hydrogen-bond donors (Lipinski definition) is 3. The number of nitrogens with one attached hydrogen (secondary N) is 2. The average molecular weight is 385 g/mol. The number of rotatable bonds is 9. The molecule has 27 heavy (non-hydrogen) atoms. The molecule has 0 aliphatic rings. The number of amides is 1. The summed E-state index contributed by atoms with van der Waals surface area (Å²) in [7, 11) is 0. The predicted molar refractivity (Wildman–Crippen MR) is 104 cm³/mol. The molecule has 0 aromatic heterocycles. The molecule has 2 rings (SSSR count). The molecule has 0 atom stereocenters. The molecule has 0 unspecified atom stereocenters. The summed E-state index contributed by atoms with van der Waals surface area (Å²) in [6.45, 7) is -0.221. The minimum Gasteiger partial charge on any atom is -0.452 e. The molecule has 0 aliphatic heterocycles. The smallest absolute Gasteiger partial charge is 0.340 e. The van der Waals surface area contributed by atoms with Gasteiger partial charge in [-0.15, -0.1) is 11.8 Å². The number of aliphatic hydroxyl groups is 1. The lowest BCUT2D eigenvalue weighted by atomic mass is 10.2. The Hall–Kier alpha value is -3.02. The second-order valence-electron chi connectivity index (χ2n) is 5.26. The lowest BCUT2D eigenvalue weighted by molar-refractivity contribution is -0.119. The maximum Gasteiger partial charge on any atom is 0.340 e. The maximum absolute atomic E-state index is 12.2. The molecule has 2 aromatic rings. The minimum absolute atomic E-state index is 0.0744. The van der Waals surface area contributed by atoms with E-state index < -0.39 is 18.5 Å². The fourth-order valence-corrected chi connectivity index (χ4v) is 2.88. The van der Waals surface area contributed by atoms with Crippen molar-refractivity contribution in [1.82, 2.24) is 0 Å². The van der Waals surface area contributed by atoms with Crippen molar-refractivity contribution in [3.63, 3.8) is 0 Å². The lowest BCUT2D eigenvalue weighted by Gasteiger charge is -2.12. The number of hydrogen-bond acceptors (Lipinski definition) is 7. The molecular formula is C19H19N3O4S. The number of ether oxygens (including phenoxy) is 1. The number of para-hydroxylation sites is 2. The number of carbonyl (C=O) groups excluding carboxylic acids is 2. The van der Waals surface area contributed by atoms with Gasteiger partial charge in [0.15, 0.2) is 6.61 Å². The number of nitrogens with zero attached hydrogens (tertiary/aromatic N) is 1. The molecule has 0 saturated carbocycles. The molecule has 0 fully saturated rings. The van der Waals surface area contributed by atoms with Crippen molar-refractivity contribution in [3.05, 3.63) is 54.1 Å². The zero-order valence-electron chi connectivity index (χ0n) is 14.5. The lowest BCUT2D eigenvalue weighted by Crippen LogP contribution is -2.22. The van der Waals surface area contributed by atoms with E-state index in [1.807, 2.05) is 12.1 Å².